The van der Waals surface area contributed by atoms with Gasteiger partial charge in [-0.15, -0.1) is 0 Å². The molecule has 102 valence electrons. The predicted octanol–water partition coefficient (Wildman–Crippen LogP) is 2.14. The van der Waals surface area contributed by atoms with Crippen LogP contribution in [0.3, 0.4) is 0 Å². The Labute approximate surface area is 114 Å². The summed E-state index contributed by atoms with van der Waals surface area (Å²) in [5.74, 6) is 0.0624. The van der Waals surface area contributed by atoms with E-state index in [0.717, 1.165) is 12.0 Å². The van der Waals surface area contributed by atoms with Gasteiger partial charge in [-0.25, -0.2) is 0 Å². The SMILES string of the molecule is CCCC(NCc1noc(-c2ccsc2)n1)C(=O)O. The van der Waals surface area contributed by atoms with E-state index in [1.54, 1.807) is 11.3 Å². The van der Waals surface area contributed by atoms with E-state index in [1.165, 1.54) is 0 Å². The topological polar surface area (TPSA) is 88.3 Å². The molecule has 0 aliphatic rings. The molecule has 0 saturated carbocycles. The fourth-order valence-corrected chi connectivity index (χ4v) is 2.27. The summed E-state index contributed by atoms with van der Waals surface area (Å²) in [7, 11) is 0. The van der Waals surface area contributed by atoms with Gasteiger partial charge in [-0.05, 0) is 17.9 Å². The van der Waals surface area contributed by atoms with Crippen LogP contribution in [0.2, 0.25) is 0 Å². The van der Waals surface area contributed by atoms with Gasteiger partial charge in [0, 0.05) is 5.38 Å². The number of hydrogen-bond donors (Lipinski definition) is 2. The summed E-state index contributed by atoms with van der Waals surface area (Å²) in [6.07, 6.45) is 1.38. The Kier molecular flexibility index (Phi) is 4.64. The molecule has 6 nitrogen and oxygen atoms in total. The average molecular weight is 281 g/mol. The van der Waals surface area contributed by atoms with Crippen LogP contribution in [-0.2, 0) is 11.3 Å². The molecule has 7 heteroatoms. The summed E-state index contributed by atoms with van der Waals surface area (Å²) in [6.45, 7) is 2.23. The minimum absolute atomic E-state index is 0.282. The lowest BCUT2D eigenvalue weighted by Crippen LogP contribution is -2.36. The Morgan fingerprint density at radius 3 is 3.11 bits per heavy atom. The quantitative estimate of drug-likeness (QED) is 0.808. The van der Waals surface area contributed by atoms with Crippen LogP contribution in [0, 0.1) is 0 Å². The second kappa shape index (κ2) is 6.44. The number of carboxylic acids is 1. The molecule has 0 bridgehead atoms. The minimum atomic E-state index is -0.858. The predicted molar refractivity (Wildman–Crippen MR) is 70.8 cm³/mol. The first-order valence-corrected chi connectivity index (χ1v) is 6.96. The number of rotatable bonds is 7. The molecule has 1 atom stereocenters. The highest BCUT2D eigenvalue weighted by atomic mass is 32.1. The lowest BCUT2D eigenvalue weighted by atomic mass is 10.2. The third kappa shape index (κ3) is 3.62. The van der Waals surface area contributed by atoms with Crippen molar-refractivity contribution in [3.8, 4) is 11.5 Å². The molecule has 0 amide bonds. The highest BCUT2D eigenvalue weighted by Crippen LogP contribution is 2.19. The lowest BCUT2D eigenvalue weighted by molar-refractivity contribution is -0.139. The molecule has 2 heterocycles. The van der Waals surface area contributed by atoms with Gasteiger partial charge in [0.15, 0.2) is 5.82 Å². The highest BCUT2D eigenvalue weighted by molar-refractivity contribution is 7.08. The number of thiophene rings is 1. The maximum absolute atomic E-state index is 11.0. The Morgan fingerprint density at radius 2 is 2.47 bits per heavy atom. The first-order valence-electron chi connectivity index (χ1n) is 6.02. The average Bonchev–Trinajstić information content (AvgIpc) is 3.04. The van der Waals surface area contributed by atoms with Crippen LogP contribution < -0.4 is 5.32 Å². The van der Waals surface area contributed by atoms with Crippen LogP contribution in [0.25, 0.3) is 11.5 Å². The van der Waals surface area contributed by atoms with E-state index in [-0.39, 0.29) is 6.54 Å². The van der Waals surface area contributed by atoms with Gasteiger partial charge in [0.05, 0.1) is 12.1 Å². The zero-order chi connectivity index (χ0) is 13.7. The number of aliphatic carboxylic acids is 1. The van der Waals surface area contributed by atoms with E-state index < -0.39 is 12.0 Å². The molecule has 2 rings (SSSR count). The molecule has 0 aromatic carbocycles. The number of nitrogens with one attached hydrogen (secondary N) is 1. The van der Waals surface area contributed by atoms with Gasteiger partial charge in [-0.3, -0.25) is 10.1 Å². The molecule has 0 fully saturated rings. The van der Waals surface area contributed by atoms with Crippen molar-refractivity contribution < 1.29 is 14.4 Å². The van der Waals surface area contributed by atoms with Gasteiger partial charge in [-0.1, -0.05) is 18.5 Å². The van der Waals surface area contributed by atoms with Crippen molar-refractivity contribution in [1.82, 2.24) is 15.5 Å². The molecule has 0 saturated heterocycles. The Balaban J connectivity index is 1.95. The summed E-state index contributed by atoms with van der Waals surface area (Å²) in [6, 6.07) is 1.32. The highest BCUT2D eigenvalue weighted by Gasteiger charge is 2.17. The lowest BCUT2D eigenvalue weighted by Gasteiger charge is -2.11. The smallest absolute Gasteiger partial charge is 0.320 e. The number of nitrogens with zero attached hydrogens (tertiary/aromatic N) is 2. The number of carbonyl (C=O) groups is 1. The normalized spacial score (nSPS) is 12.5. The Hall–Kier alpha value is -1.73. The van der Waals surface area contributed by atoms with Crippen LogP contribution >= 0.6 is 11.3 Å². The van der Waals surface area contributed by atoms with Crippen LogP contribution in [0.5, 0.6) is 0 Å². The van der Waals surface area contributed by atoms with E-state index in [9.17, 15) is 4.79 Å². The van der Waals surface area contributed by atoms with Gasteiger partial charge in [-0.2, -0.15) is 16.3 Å². The molecule has 2 aromatic rings. The van der Waals surface area contributed by atoms with E-state index in [2.05, 4.69) is 15.5 Å². The standard InChI is InChI=1S/C12H15N3O3S/c1-2-3-9(12(16)17)13-6-10-14-11(18-15-10)8-4-5-19-7-8/h4-5,7,9,13H,2-3,6H2,1H3,(H,16,17). The van der Waals surface area contributed by atoms with Crippen molar-refractivity contribution >= 4 is 17.3 Å². The van der Waals surface area contributed by atoms with E-state index in [4.69, 9.17) is 9.63 Å². The van der Waals surface area contributed by atoms with Crippen LogP contribution in [-0.4, -0.2) is 27.3 Å². The summed E-state index contributed by atoms with van der Waals surface area (Å²) in [5, 5.41) is 19.6. The molecule has 0 radical (unpaired) electrons. The molecule has 2 N–H and O–H groups in total. The summed E-state index contributed by atoms with van der Waals surface area (Å²) >= 11 is 1.55. The third-order valence-corrected chi connectivity index (χ3v) is 3.30. The fourth-order valence-electron chi connectivity index (χ4n) is 1.65. The molecule has 0 aliphatic carbocycles. The first kappa shape index (κ1) is 13.7. The fraction of sp³-hybridized carbons (Fsp3) is 0.417. The second-order valence-corrected chi connectivity index (χ2v) is 4.87. The van der Waals surface area contributed by atoms with Gasteiger partial charge < -0.3 is 9.63 Å². The van der Waals surface area contributed by atoms with Gasteiger partial charge >= 0.3 is 5.97 Å². The maximum atomic E-state index is 11.0. The van der Waals surface area contributed by atoms with Crippen molar-refractivity contribution in [3.63, 3.8) is 0 Å². The van der Waals surface area contributed by atoms with Crippen LogP contribution in [0.1, 0.15) is 25.6 Å². The number of hydrogen-bond acceptors (Lipinski definition) is 6. The third-order valence-electron chi connectivity index (χ3n) is 2.62. The molecule has 2 aromatic heterocycles. The van der Waals surface area contributed by atoms with Gasteiger partial charge in [0.25, 0.3) is 5.89 Å². The molecular formula is C12H15N3O3S. The molecule has 19 heavy (non-hydrogen) atoms. The number of carboxylic acid groups (broad SMARTS) is 1. The Bertz CT molecular complexity index is 524. The Morgan fingerprint density at radius 1 is 1.63 bits per heavy atom. The zero-order valence-corrected chi connectivity index (χ0v) is 11.3. The van der Waals surface area contributed by atoms with E-state index >= 15 is 0 Å². The molecule has 1 unspecified atom stereocenters. The largest absolute Gasteiger partial charge is 0.480 e. The van der Waals surface area contributed by atoms with Crippen molar-refractivity contribution in [3.05, 3.63) is 22.7 Å². The minimum Gasteiger partial charge on any atom is -0.480 e. The first-order chi connectivity index (χ1) is 9.20. The monoisotopic (exact) mass is 281 g/mol. The number of aromatic nitrogens is 2. The summed E-state index contributed by atoms with van der Waals surface area (Å²) < 4.78 is 5.12. The second-order valence-electron chi connectivity index (χ2n) is 4.09. The van der Waals surface area contributed by atoms with Crippen LogP contribution in [0.4, 0.5) is 0 Å². The van der Waals surface area contributed by atoms with Gasteiger partial charge in [0.1, 0.15) is 6.04 Å². The van der Waals surface area contributed by atoms with E-state index in [0.29, 0.717) is 18.1 Å². The van der Waals surface area contributed by atoms with Crippen molar-refractivity contribution in [2.24, 2.45) is 0 Å². The summed E-state index contributed by atoms with van der Waals surface area (Å²) in [4.78, 5) is 15.2. The van der Waals surface area contributed by atoms with Crippen molar-refractivity contribution in [1.29, 1.82) is 0 Å². The zero-order valence-electron chi connectivity index (χ0n) is 10.5. The summed E-state index contributed by atoms with van der Waals surface area (Å²) in [5.41, 5.74) is 0.882. The molecule has 0 aliphatic heterocycles. The molecule has 0 spiro atoms. The van der Waals surface area contributed by atoms with Gasteiger partial charge in [0.2, 0.25) is 0 Å². The molecular weight excluding hydrogens is 266 g/mol. The van der Waals surface area contributed by atoms with Crippen molar-refractivity contribution in [2.75, 3.05) is 0 Å². The maximum Gasteiger partial charge on any atom is 0.320 e. The van der Waals surface area contributed by atoms with Crippen LogP contribution in [0.15, 0.2) is 21.3 Å². The van der Waals surface area contributed by atoms with E-state index in [1.807, 2.05) is 23.8 Å². The van der Waals surface area contributed by atoms with Crippen molar-refractivity contribution in [2.45, 2.75) is 32.4 Å².